The van der Waals surface area contributed by atoms with E-state index in [-0.39, 0.29) is 5.70 Å². The minimum atomic E-state index is -0.474. The van der Waals surface area contributed by atoms with Crippen molar-refractivity contribution in [3.8, 4) is 17.2 Å². The van der Waals surface area contributed by atoms with Crippen molar-refractivity contribution in [2.24, 2.45) is 0 Å². The van der Waals surface area contributed by atoms with Crippen molar-refractivity contribution < 1.29 is 23.8 Å². The summed E-state index contributed by atoms with van der Waals surface area (Å²) in [4.78, 5) is 25.8. The summed E-state index contributed by atoms with van der Waals surface area (Å²) < 4.78 is 16.0. The van der Waals surface area contributed by atoms with Gasteiger partial charge in [0.25, 0.3) is 11.8 Å². The zero-order chi connectivity index (χ0) is 23.6. The summed E-state index contributed by atoms with van der Waals surface area (Å²) in [6.45, 7) is 2.45. The maximum Gasteiger partial charge on any atom is 0.272 e. The summed E-state index contributed by atoms with van der Waals surface area (Å²) in [5, 5.41) is 5.52. The first-order valence-corrected chi connectivity index (χ1v) is 10.4. The van der Waals surface area contributed by atoms with Crippen LogP contribution in [-0.4, -0.2) is 32.6 Å². The molecule has 2 amide bonds. The van der Waals surface area contributed by atoms with E-state index >= 15 is 0 Å². The molecule has 0 radical (unpaired) electrons. The summed E-state index contributed by atoms with van der Waals surface area (Å²) in [6, 6.07) is 20.9. The van der Waals surface area contributed by atoms with Gasteiger partial charge in [0.15, 0.2) is 11.5 Å². The summed E-state index contributed by atoms with van der Waals surface area (Å²) in [5.41, 5.74) is 1.73. The molecule has 7 nitrogen and oxygen atoms in total. The molecule has 0 aromatic heterocycles. The third-order valence-electron chi connectivity index (χ3n) is 4.67. The monoisotopic (exact) mass is 446 g/mol. The van der Waals surface area contributed by atoms with E-state index in [9.17, 15) is 9.59 Å². The number of hydrogen-bond acceptors (Lipinski definition) is 5. The van der Waals surface area contributed by atoms with Gasteiger partial charge in [-0.3, -0.25) is 9.59 Å². The summed E-state index contributed by atoms with van der Waals surface area (Å²) in [7, 11) is 3.07. The van der Waals surface area contributed by atoms with Gasteiger partial charge in [-0.05, 0) is 67.1 Å². The van der Waals surface area contributed by atoms with Gasteiger partial charge in [0.05, 0.1) is 20.8 Å². The molecule has 170 valence electrons. The first-order valence-electron chi connectivity index (χ1n) is 10.4. The van der Waals surface area contributed by atoms with Gasteiger partial charge in [0, 0.05) is 11.3 Å². The van der Waals surface area contributed by atoms with E-state index in [1.807, 2.05) is 13.0 Å². The van der Waals surface area contributed by atoms with E-state index < -0.39 is 11.8 Å². The minimum absolute atomic E-state index is 0.0740. The SMILES string of the molecule is CCOc1ccc(NC(=O)/C(=C/c2ccc(OC)c(OC)c2)NC(=O)c2ccccc2)cc1. The van der Waals surface area contributed by atoms with Gasteiger partial charge in [-0.2, -0.15) is 0 Å². The predicted octanol–water partition coefficient (Wildman–Crippen LogP) is 4.51. The van der Waals surface area contributed by atoms with Crippen LogP contribution < -0.4 is 24.8 Å². The van der Waals surface area contributed by atoms with Crippen LogP contribution in [0.3, 0.4) is 0 Å². The van der Waals surface area contributed by atoms with Gasteiger partial charge in [0.1, 0.15) is 11.4 Å². The standard InChI is InChI=1S/C26H26N2O5/c1-4-33-21-13-11-20(12-14-21)27-26(30)22(28-25(29)19-8-6-5-7-9-19)16-18-10-15-23(31-2)24(17-18)32-3/h5-17H,4H2,1-3H3,(H,27,30)(H,28,29)/b22-16-. The van der Waals surface area contributed by atoms with E-state index in [2.05, 4.69) is 10.6 Å². The number of carbonyl (C=O) groups excluding carboxylic acids is 2. The van der Waals surface area contributed by atoms with E-state index in [0.717, 1.165) is 0 Å². The molecule has 0 atom stereocenters. The van der Waals surface area contributed by atoms with Gasteiger partial charge in [-0.15, -0.1) is 0 Å². The zero-order valence-electron chi connectivity index (χ0n) is 18.8. The summed E-state index contributed by atoms with van der Waals surface area (Å²) >= 11 is 0. The molecule has 0 spiro atoms. The quantitative estimate of drug-likeness (QED) is 0.472. The smallest absolute Gasteiger partial charge is 0.272 e. The molecule has 0 unspecified atom stereocenters. The van der Waals surface area contributed by atoms with Crippen LogP contribution in [-0.2, 0) is 4.79 Å². The molecule has 3 aromatic rings. The highest BCUT2D eigenvalue weighted by Gasteiger charge is 2.16. The van der Waals surface area contributed by atoms with Crippen LogP contribution in [0, 0.1) is 0 Å². The number of anilines is 1. The first-order chi connectivity index (χ1) is 16.0. The predicted molar refractivity (Wildman–Crippen MR) is 128 cm³/mol. The molecule has 2 N–H and O–H groups in total. The molecular formula is C26H26N2O5. The molecule has 0 heterocycles. The number of carbonyl (C=O) groups is 2. The maximum absolute atomic E-state index is 13.1. The lowest BCUT2D eigenvalue weighted by molar-refractivity contribution is -0.113. The fourth-order valence-corrected chi connectivity index (χ4v) is 3.05. The Labute approximate surface area is 193 Å². The normalized spacial score (nSPS) is 10.8. The molecule has 0 aliphatic heterocycles. The second kappa shape index (κ2) is 11.4. The molecule has 3 rings (SSSR count). The van der Waals surface area contributed by atoms with Crippen molar-refractivity contribution in [2.75, 3.05) is 26.1 Å². The fraction of sp³-hybridized carbons (Fsp3) is 0.154. The first kappa shape index (κ1) is 23.4. The lowest BCUT2D eigenvalue weighted by atomic mass is 10.1. The zero-order valence-corrected chi connectivity index (χ0v) is 18.8. The maximum atomic E-state index is 13.1. The molecular weight excluding hydrogens is 420 g/mol. The van der Waals surface area contributed by atoms with Crippen molar-refractivity contribution in [3.63, 3.8) is 0 Å². The van der Waals surface area contributed by atoms with Crippen LogP contribution >= 0.6 is 0 Å². The molecule has 7 heteroatoms. The molecule has 0 saturated heterocycles. The van der Waals surface area contributed by atoms with Gasteiger partial charge in [0.2, 0.25) is 0 Å². The van der Waals surface area contributed by atoms with Crippen LogP contribution in [0.4, 0.5) is 5.69 Å². The minimum Gasteiger partial charge on any atom is -0.494 e. The molecule has 0 fully saturated rings. The van der Waals surface area contributed by atoms with E-state index in [1.54, 1.807) is 79.9 Å². The molecule has 0 bridgehead atoms. The highest BCUT2D eigenvalue weighted by molar-refractivity contribution is 6.10. The van der Waals surface area contributed by atoms with Crippen LogP contribution in [0.15, 0.2) is 78.5 Å². The van der Waals surface area contributed by atoms with Crippen LogP contribution in [0.5, 0.6) is 17.2 Å². The second-order valence-corrected chi connectivity index (χ2v) is 6.90. The highest BCUT2D eigenvalue weighted by atomic mass is 16.5. The van der Waals surface area contributed by atoms with Crippen molar-refractivity contribution >= 4 is 23.6 Å². The van der Waals surface area contributed by atoms with Gasteiger partial charge >= 0.3 is 0 Å². The van der Waals surface area contributed by atoms with Crippen molar-refractivity contribution in [1.82, 2.24) is 5.32 Å². The molecule has 0 saturated carbocycles. The fourth-order valence-electron chi connectivity index (χ4n) is 3.05. The van der Waals surface area contributed by atoms with Gasteiger partial charge in [-0.1, -0.05) is 24.3 Å². The van der Waals surface area contributed by atoms with Crippen molar-refractivity contribution in [3.05, 3.63) is 89.6 Å². The Bertz CT molecular complexity index is 1130. The third kappa shape index (κ3) is 6.36. The van der Waals surface area contributed by atoms with Crippen LogP contribution in [0.25, 0.3) is 6.08 Å². The van der Waals surface area contributed by atoms with E-state index in [0.29, 0.717) is 40.7 Å². The molecule has 0 aliphatic carbocycles. The molecule has 33 heavy (non-hydrogen) atoms. The Morgan fingerprint density at radius 2 is 1.58 bits per heavy atom. The lowest BCUT2D eigenvalue weighted by Gasteiger charge is -2.13. The topological polar surface area (TPSA) is 85.9 Å². The number of ether oxygens (including phenoxy) is 3. The number of benzene rings is 3. The lowest BCUT2D eigenvalue weighted by Crippen LogP contribution is -2.30. The van der Waals surface area contributed by atoms with Crippen LogP contribution in [0.2, 0.25) is 0 Å². The number of rotatable bonds is 9. The Hall–Kier alpha value is -4.26. The Morgan fingerprint density at radius 1 is 0.879 bits per heavy atom. The Kier molecular flexibility index (Phi) is 8.07. The van der Waals surface area contributed by atoms with E-state index in [4.69, 9.17) is 14.2 Å². The Morgan fingerprint density at radius 3 is 2.21 bits per heavy atom. The van der Waals surface area contributed by atoms with Gasteiger partial charge < -0.3 is 24.8 Å². The van der Waals surface area contributed by atoms with E-state index in [1.165, 1.54) is 7.11 Å². The summed E-state index contributed by atoms with van der Waals surface area (Å²) in [6.07, 6.45) is 1.58. The largest absolute Gasteiger partial charge is 0.494 e. The average Bonchev–Trinajstić information content (AvgIpc) is 2.85. The van der Waals surface area contributed by atoms with Crippen molar-refractivity contribution in [2.45, 2.75) is 6.92 Å². The molecule has 3 aromatic carbocycles. The molecule has 0 aliphatic rings. The van der Waals surface area contributed by atoms with Crippen LogP contribution in [0.1, 0.15) is 22.8 Å². The summed E-state index contributed by atoms with van der Waals surface area (Å²) in [5.74, 6) is 0.895. The van der Waals surface area contributed by atoms with Crippen molar-refractivity contribution in [1.29, 1.82) is 0 Å². The van der Waals surface area contributed by atoms with Gasteiger partial charge in [-0.25, -0.2) is 0 Å². The Balaban J connectivity index is 1.89. The number of nitrogens with one attached hydrogen (secondary N) is 2. The number of hydrogen-bond donors (Lipinski definition) is 2. The average molecular weight is 447 g/mol. The number of amides is 2. The highest BCUT2D eigenvalue weighted by Crippen LogP contribution is 2.28. The second-order valence-electron chi connectivity index (χ2n) is 6.90. The third-order valence-corrected chi connectivity index (χ3v) is 4.67. The number of methoxy groups -OCH3 is 2.